The van der Waals surface area contributed by atoms with E-state index in [1.165, 1.54) is 34.6 Å². The summed E-state index contributed by atoms with van der Waals surface area (Å²) in [5.74, 6) is 1.48. The van der Waals surface area contributed by atoms with Crippen molar-refractivity contribution in [1.82, 2.24) is 0 Å². The molecule has 0 amide bonds. The van der Waals surface area contributed by atoms with E-state index in [1.54, 1.807) is 14.2 Å². The molecule has 1 unspecified atom stereocenters. The largest absolute Gasteiger partial charge is 0.493 e. The van der Waals surface area contributed by atoms with Crippen LogP contribution in [0.15, 0.2) is 18.2 Å². The van der Waals surface area contributed by atoms with E-state index in [-0.39, 0.29) is 5.38 Å². The lowest BCUT2D eigenvalue weighted by Gasteiger charge is -2.16. The quantitative estimate of drug-likeness (QED) is 0.746. The highest BCUT2D eigenvalue weighted by Crippen LogP contribution is 2.42. The lowest BCUT2D eigenvalue weighted by Crippen LogP contribution is -1.98. The summed E-state index contributed by atoms with van der Waals surface area (Å²) in [4.78, 5) is 2.74. The molecule has 1 aliphatic rings. The number of alkyl halides is 1. The molecule has 0 aliphatic heterocycles. The molecule has 1 aromatic heterocycles. The minimum Gasteiger partial charge on any atom is -0.493 e. The SMILES string of the molecule is COc1cc(C)c(C(Cl)c2cc3c(s2)CCC3)cc1OC. The molecule has 0 saturated carbocycles. The van der Waals surface area contributed by atoms with Crippen molar-refractivity contribution < 1.29 is 9.47 Å². The predicted molar refractivity (Wildman–Crippen MR) is 88.3 cm³/mol. The Morgan fingerprint density at radius 3 is 2.48 bits per heavy atom. The second kappa shape index (κ2) is 5.90. The number of ether oxygens (including phenoxy) is 2. The van der Waals surface area contributed by atoms with Crippen molar-refractivity contribution in [3.8, 4) is 11.5 Å². The third-order valence-corrected chi connectivity index (χ3v) is 5.96. The average Bonchev–Trinajstić information content (AvgIpc) is 3.07. The van der Waals surface area contributed by atoms with Gasteiger partial charge >= 0.3 is 0 Å². The van der Waals surface area contributed by atoms with Crippen molar-refractivity contribution in [2.75, 3.05) is 14.2 Å². The molecule has 2 aromatic rings. The summed E-state index contributed by atoms with van der Waals surface area (Å²) in [6.45, 7) is 2.06. The van der Waals surface area contributed by atoms with Gasteiger partial charge in [0.2, 0.25) is 0 Å². The number of hydrogen-bond donors (Lipinski definition) is 0. The Bertz CT molecular complexity index is 642. The average molecular weight is 323 g/mol. The number of aryl methyl sites for hydroxylation is 3. The molecule has 1 atom stereocenters. The van der Waals surface area contributed by atoms with E-state index in [4.69, 9.17) is 21.1 Å². The van der Waals surface area contributed by atoms with Crippen LogP contribution in [0.2, 0.25) is 0 Å². The number of methoxy groups -OCH3 is 2. The highest BCUT2D eigenvalue weighted by Gasteiger charge is 2.22. The van der Waals surface area contributed by atoms with Crippen LogP contribution in [-0.2, 0) is 12.8 Å². The number of benzene rings is 1. The van der Waals surface area contributed by atoms with Crippen molar-refractivity contribution in [2.24, 2.45) is 0 Å². The van der Waals surface area contributed by atoms with Gasteiger partial charge in [-0.3, -0.25) is 0 Å². The molecule has 0 radical (unpaired) electrons. The first-order chi connectivity index (χ1) is 10.1. The van der Waals surface area contributed by atoms with Crippen molar-refractivity contribution >= 4 is 22.9 Å². The van der Waals surface area contributed by atoms with Crippen LogP contribution in [-0.4, -0.2) is 14.2 Å². The molecule has 112 valence electrons. The summed E-state index contributed by atoms with van der Waals surface area (Å²) in [5, 5.41) is -0.125. The maximum atomic E-state index is 6.74. The summed E-state index contributed by atoms with van der Waals surface area (Å²) >= 11 is 8.59. The molecule has 21 heavy (non-hydrogen) atoms. The molecule has 0 N–H and O–H groups in total. The first-order valence-electron chi connectivity index (χ1n) is 7.12. The fourth-order valence-electron chi connectivity index (χ4n) is 2.90. The number of halogens is 1. The molecule has 2 nitrogen and oxygen atoms in total. The summed E-state index contributed by atoms with van der Waals surface area (Å²) < 4.78 is 10.7. The van der Waals surface area contributed by atoms with E-state index in [1.807, 2.05) is 23.5 Å². The van der Waals surface area contributed by atoms with Crippen LogP contribution < -0.4 is 9.47 Å². The highest BCUT2D eigenvalue weighted by molar-refractivity contribution is 7.12. The molecule has 1 heterocycles. The fraction of sp³-hybridized carbons (Fsp3) is 0.412. The van der Waals surface area contributed by atoms with Gasteiger partial charge in [-0.25, -0.2) is 0 Å². The second-order valence-corrected chi connectivity index (χ2v) is 6.98. The van der Waals surface area contributed by atoms with E-state index in [0.29, 0.717) is 0 Å². The Balaban J connectivity index is 1.98. The Kier molecular flexibility index (Phi) is 4.14. The van der Waals surface area contributed by atoms with Crippen LogP contribution in [0, 0.1) is 6.92 Å². The minimum absolute atomic E-state index is 0.125. The predicted octanol–water partition coefficient (Wildman–Crippen LogP) is 4.89. The van der Waals surface area contributed by atoms with E-state index < -0.39 is 0 Å². The van der Waals surface area contributed by atoms with Gasteiger partial charge in [-0.1, -0.05) is 0 Å². The van der Waals surface area contributed by atoms with Crippen molar-refractivity contribution in [3.63, 3.8) is 0 Å². The molecule has 1 aliphatic carbocycles. The van der Waals surface area contributed by atoms with Crippen LogP contribution in [0.4, 0.5) is 0 Å². The van der Waals surface area contributed by atoms with E-state index in [0.717, 1.165) is 22.6 Å². The molecular weight excluding hydrogens is 304 g/mol. The van der Waals surface area contributed by atoms with Crippen LogP contribution in [0.3, 0.4) is 0 Å². The topological polar surface area (TPSA) is 18.5 Å². The van der Waals surface area contributed by atoms with Gasteiger partial charge in [0.25, 0.3) is 0 Å². The van der Waals surface area contributed by atoms with Crippen molar-refractivity contribution in [1.29, 1.82) is 0 Å². The minimum atomic E-state index is -0.125. The van der Waals surface area contributed by atoms with E-state index in [9.17, 15) is 0 Å². The lowest BCUT2D eigenvalue weighted by molar-refractivity contribution is 0.354. The summed E-state index contributed by atoms with van der Waals surface area (Å²) in [6.07, 6.45) is 3.68. The normalized spacial score (nSPS) is 14.9. The molecule has 0 saturated heterocycles. The number of hydrogen-bond acceptors (Lipinski definition) is 3. The van der Waals surface area contributed by atoms with E-state index in [2.05, 4.69) is 13.0 Å². The third kappa shape index (κ3) is 2.65. The monoisotopic (exact) mass is 322 g/mol. The first-order valence-corrected chi connectivity index (χ1v) is 8.37. The fourth-order valence-corrected chi connectivity index (χ4v) is 4.59. The first kappa shape index (κ1) is 14.7. The Morgan fingerprint density at radius 2 is 1.81 bits per heavy atom. The van der Waals surface area contributed by atoms with Gasteiger partial charge in [-0.05, 0) is 61.1 Å². The summed E-state index contributed by atoms with van der Waals surface area (Å²) in [7, 11) is 3.30. The second-order valence-electron chi connectivity index (χ2n) is 5.38. The lowest BCUT2D eigenvalue weighted by atomic mass is 10.0. The Hall–Kier alpha value is -1.19. The highest BCUT2D eigenvalue weighted by atomic mass is 35.5. The zero-order chi connectivity index (χ0) is 15.0. The Morgan fingerprint density at radius 1 is 1.10 bits per heavy atom. The smallest absolute Gasteiger partial charge is 0.161 e. The summed E-state index contributed by atoms with van der Waals surface area (Å²) in [6, 6.07) is 6.27. The number of thiophene rings is 1. The maximum Gasteiger partial charge on any atom is 0.161 e. The van der Waals surface area contributed by atoms with Crippen molar-refractivity contribution in [3.05, 3.63) is 44.6 Å². The molecule has 4 heteroatoms. The number of fused-ring (bicyclic) bond motifs is 1. The Labute approximate surface area is 134 Å². The zero-order valence-electron chi connectivity index (χ0n) is 12.5. The molecule has 0 spiro atoms. The van der Waals surface area contributed by atoms with Crippen LogP contribution in [0.5, 0.6) is 11.5 Å². The van der Waals surface area contributed by atoms with Gasteiger partial charge in [0.15, 0.2) is 11.5 Å². The van der Waals surface area contributed by atoms with Crippen LogP contribution in [0.25, 0.3) is 0 Å². The van der Waals surface area contributed by atoms with Crippen LogP contribution >= 0.6 is 22.9 Å². The molecule has 3 rings (SSSR count). The third-order valence-electron chi connectivity index (χ3n) is 4.06. The van der Waals surface area contributed by atoms with Crippen molar-refractivity contribution in [2.45, 2.75) is 31.6 Å². The molecule has 0 bridgehead atoms. The van der Waals surface area contributed by atoms with Gasteiger partial charge in [-0.2, -0.15) is 0 Å². The zero-order valence-corrected chi connectivity index (χ0v) is 14.1. The molecule has 0 fully saturated rings. The van der Waals surface area contributed by atoms with Gasteiger partial charge in [0.05, 0.1) is 19.6 Å². The van der Waals surface area contributed by atoms with Gasteiger partial charge in [0.1, 0.15) is 0 Å². The molecule has 1 aromatic carbocycles. The summed E-state index contributed by atoms with van der Waals surface area (Å²) in [5.41, 5.74) is 3.70. The van der Waals surface area contributed by atoms with Crippen LogP contribution in [0.1, 0.15) is 38.2 Å². The standard InChI is InChI=1S/C17H19ClO2S/c1-10-7-13(19-2)14(20-3)9-12(10)17(18)16-8-11-5-4-6-15(11)21-16/h7-9,17H,4-6H2,1-3H3. The van der Waals surface area contributed by atoms with Gasteiger partial charge in [-0.15, -0.1) is 22.9 Å². The number of rotatable bonds is 4. The van der Waals surface area contributed by atoms with Gasteiger partial charge < -0.3 is 9.47 Å². The molecular formula is C17H19ClO2S. The van der Waals surface area contributed by atoms with E-state index >= 15 is 0 Å². The maximum absolute atomic E-state index is 6.74. The van der Waals surface area contributed by atoms with Gasteiger partial charge in [0, 0.05) is 9.75 Å².